The zero-order valence-electron chi connectivity index (χ0n) is 32.0. The number of nitrogens with zero attached hydrogens (tertiary/aromatic N) is 4. The number of benzene rings is 5. The zero-order chi connectivity index (χ0) is 37.7. The van der Waals surface area contributed by atoms with Crippen molar-refractivity contribution in [2.24, 2.45) is 5.41 Å². The van der Waals surface area contributed by atoms with E-state index in [9.17, 15) is 0 Å². The van der Waals surface area contributed by atoms with Crippen molar-refractivity contribution in [1.82, 2.24) is 20.4 Å². The highest BCUT2D eigenvalue weighted by atomic mass is 16.4. The maximum Gasteiger partial charge on any atom is 0.248 e. The molecule has 6 heteroatoms. The van der Waals surface area contributed by atoms with Crippen LogP contribution in [0.15, 0.2) is 142 Å². The second-order valence-corrected chi connectivity index (χ2v) is 17.2. The lowest BCUT2D eigenvalue weighted by atomic mass is 9.70. The number of allylic oxidation sites excluding steroid dienone is 4. The van der Waals surface area contributed by atoms with Crippen molar-refractivity contribution in [3.05, 3.63) is 167 Å². The maximum atomic E-state index is 6.47. The van der Waals surface area contributed by atoms with Gasteiger partial charge in [0.2, 0.25) is 23.6 Å². The van der Waals surface area contributed by atoms with Crippen LogP contribution in [-0.4, -0.2) is 20.4 Å². The van der Waals surface area contributed by atoms with Crippen molar-refractivity contribution < 1.29 is 8.83 Å². The summed E-state index contributed by atoms with van der Waals surface area (Å²) in [5, 5.41) is 18.2. The highest BCUT2D eigenvalue weighted by Crippen LogP contribution is 2.63. The molecule has 6 nitrogen and oxygen atoms in total. The van der Waals surface area contributed by atoms with E-state index in [0.29, 0.717) is 23.6 Å². The Labute approximate surface area is 321 Å². The van der Waals surface area contributed by atoms with Crippen LogP contribution >= 0.6 is 0 Å². The summed E-state index contributed by atoms with van der Waals surface area (Å²) in [7, 11) is 0. The average Bonchev–Trinajstić information content (AvgIpc) is 3.99. The Kier molecular flexibility index (Phi) is 7.25. The largest absolute Gasteiger partial charge is 0.420 e. The second-order valence-electron chi connectivity index (χ2n) is 17.2. The predicted molar refractivity (Wildman–Crippen MR) is 217 cm³/mol. The summed E-state index contributed by atoms with van der Waals surface area (Å²) in [4.78, 5) is 0. The highest BCUT2D eigenvalue weighted by Gasteiger charge is 2.52. The molecule has 1 spiro atoms. The Hall–Kier alpha value is -6.14. The summed E-state index contributed by atoms with van der Waals surface area (Å²) >= 11 is 0. The molecule has 5 aromatic carbocycles. The number of fused-ring (bicyclic) bond motifs is 10. The summed E-state index contributed by atoms with van der Waals surface area (Å²) in [6, 6.07) is 39.2. The number of rotatable bonds is 4. The first-order valence-electron chi connectivity index (χ1n) is 19.2. The summed E-state index contributed by atoms with van der Waals surface area (Å²) in [6.45, 7) is 13.4. The molecule has 0 saturated carbocycles. The molecule has 10 rings (SSSR count). The van der Waals surface area contributed by atoms with Crippen LogP contribution in [0, 0.1) is 5.41 Å². The van der Waals surface area contributed by atoms with Crippen LogP contribution in [0.1, 0.15) is 87.6 Å². The molecule has 2 heterocycles. The molecule has 0 N–H and O–H groups in total. The van der Waals surface area contributed by atoms with E-state index in [1.54, 1.807) is 0 Å². The van der Waals surface area contributed by atoms with Gasteiger partial charge in [0.15, 0.2) is 0 Å². The summed E-state index contributed by atoms with van der Waals surface area (Å²) in [6.07, 6.45) is 7.55. The van der Waals surface area contributed by atoms with E-state index in [2.05, 4.69) is 189 Å². The molecule has 3 aliphatic rings. The molecule has 0 radical (unpaired) electrons. The van der Waals surface area contributed by atoms with Crippen molar-refractivity contribution in [2.45, 2.75) is 64.7 Å². The fourth-order valence-electron chi connectivity index (χ4n) is 8.84. The summed E-state index contributed by atoms with van der Waals surface area (Å²) in [5.41, 5.74) is 14.5. The minimum Gasteiger partial charge on any atom is -0.420 e. The van der Waals surface area contributed by atoms with Crippen molar-refractivity contribution >= 4 is 0 Å². The predicted octanol–water partition coefficient (Wildman–Crippen LogP) is 12.1. The van der Waals surface area contributed by atoms with Crippen LogP contribution in [0.25, 0.3) is 56.6 Å². The van der Waals surface area contributed by atoms with E-state index in [4.69, 9.17) is 8.83 Å². The third kappa shape index (κ3) is 5.15. The molecule has 2 atom stereocenters. The van der Waals surface area contributed by atoms with Gasteiger partial charge in [-0.25, -0.2) is 0 Å². The average molecular weight is 719 g/mol. The molecule has 0 aliphatic heterocycles. The number of hydrogen-bond donors (Lipinski definition) is 0. The van der Waals surface area contributed by atoms with Gasteiger partial charge in [0.25, 0.3) is 0 Å². The Bertz CT molecular complexity index is 2700. The Morgan fingerprint density at radius 2 is 1.04 bits per heavy atom. The maximum absolute atomic E-state index is 6.47. The van der Waals surface area contributed by atoms with Gasteiger partial charge in [0, 0.05) is 16.7 Å². The quantitative estimate of drug-likeness (QED) is 0.180. The van der Waals surface area contributed by atoms with Crippen LogP contribution in [0.4, 0.5) is 0 Å². The fraction of sp³-hybridized carbons (Fsp3) is 0.224. The van der Waals surface area contributed by atoms with Crippen LogP contribution in [0.2, 0.25) is 0 Å². The van der Waals surface area contributed by atoms with Gasteiger partial charge in [-0.05, 0) is 109 Å². The minimum atomic E-state index is -0.585. The van der Waals surface area contributed by atoms with Gasteiger partial charge in [-0.3, -0.25) is 0 Å². The van der Waals surface area contributed by atoms with Gasteiger partial charge in [0.1, 0.15) is 0 Å². The third-order valence-electron chi connectivity index (χ3n) is 11.7. The van der Waals surface area contributed by atoms with Crippen LogP contribution in [0.5, 0.6) is 0 Å². The van der Waals surface area contributed by atoms with Crippen molar-refractivity contribution in [3.63, 3.8) is 0 Å². The van der Waals surface area contributed by atoms with E-state index < -0.39 is 5.41 Å². The molecular weight excluding hydrogens is 677 g/mol. The minimum absolute atomic E-state index is 0.0532. The Morgan fingerprint density at radius 3 is 1.58 bits per heavy atom. The standard InChI is InChI=1S/C49H42N4O2/c1-47(2,3)33-21-15-29(16-22-33)43-50-52-45(54-43)31-19-25-37-35-11-7-9-13-39(35)49(41(37)27-31)40-14-10-8-12-36(40)38-26-20-32(28-42(38)49)46-53-51-44(55-46)30-17-23-34(24-18-30)48(4,5)6/h7-17,19-28,30H,18H2,1-6H3. The van der Waals surface area contributed by atoms with Gasteiger partial charge in [-0.2, -0.15) is 0 Å². The molecule has 2 unspecified atom stereocenters. The first-order chi connectivity index (χ1) is 26.5. The normalized spacial score (nSPS) is 18.2. The lowest BCUT2D eigenvalue weighted by Crippen LogP contribution is -2.26. The van der Waals surface area contributed by atoms with E-state index in [-0.39, 0.29) is 16.7 Å². The van der Waals surface area contributed by atoms with E-state index in [0.717, 1.165) is 23.1 Å². The molecule has 0 fully saturated rings. The highest BCUT2D eigenvalue weighted by molar-refractivity contribution is 5.96. The number of hydrogen-bond acceptors (Lipinski definition) is 6. The first-order valence-corrected chi connectivity index (χ1v) is 19.2. The van der Waals surface area contributed by atoms with Crippen LogP contribution in [-0.2, 0) is 10.8 Å². The molecule has 7 aromatic rings. The zero-order valence-corrected chi connectivity index (χ0v) is 32.0. The second kappa shape index (κ2) is 11.9. The van der Waals surface area contributed by atoms with Crippen LogP contribution in [0.3, 0.4) is 0 Å². The van der Waals surface area contributed by atoms with Gasteiger partial charge < -0.3 is 8.83 Å². The van der Waals surface area contributed by atoms with Gasteiger partial charge >= 0.3 is 0 Å². The Balaban J connectivity index is 1.08. The third-order valence-corrected chi connectivity index (χ3v) is 11.7. The monoisotopic (exact) mass is 718 g/mol. The lowest BCUT2D eigenvalue weighted by Gasteiger charge is -2.30. The topological polar surface area (TPSA) is 77.8 Å². The lowest BCUT2D eigenvalue weighted by molar-refractivity contribution is 0.474. The van der Waals surface area contributed by atoms with Gasteiger partial charge in [-0.15, -0.1) is 20.4 Å². The van der Waals surface area contributed by atoms with Gasteiger partial charge in [-0.1, -0.05) is 133 Å². The van der Waals surface area contributed by atoms with Crippen molar-refractivity contribution in [3.8, 4) is 56.6 Å². The molecule has 3 aliphatic carbocycles. The SMILES string of the molecule is CC(C)(C)C1=CCC(c2nnc(-c3ccc4c(c3)C3(c5ccccc5-c5ccc(-c6nnc(-c7ccc(C(C)(C)C)cc7)o6)cc53)c3ccccc3-4)o2)C=C1. The van der Waals surface area contributed by atoms with E-state index in [1.807, 2.05) is 0 Å². The molecule has 55 heavy (non-hydrogen) atoms. The molecule has 0 saturated heterocycles. The summed E-state index contributed by atoms with van der Waals surface area (Å²) in [5.74, 6) is 2.21. The first kappa shape index (κ1) is 33.4. The smallest absolute Gasteiger partial charge is 0.248 e. The molecular formula is C49H42N4O2. The van der Waals surface area contributed by atoms with Crippen molar-refractivity contribution in [1.29, 1.82) is 0 Å². The van der Waals surface area contributed by atoms with Gasteiger partial charge in [0.05, 0.1) is 11.3 Å². The van der Waals surface area contributed by atoms with Crippen molar-refractivity contribution in [2.75, 3.05) is 0 Å². The molecule has 0 bridgehead atoms. The Morgan fingerprint density at radius 1 is 0.527 bits per heavy atom. The van der Waals surface area contributed by atoms with Crippen LogP contribution < -0.4 is 0 Å². The fourth-order valence-corrected chi connectivity index (χ4v) is 8.84. The summed E-state index contributed by atoms with van der Waals surface area (Å²) < 4.78 is 12.9. The number of aromatic nitrogens is 4. The molecule has 2 aromatic heterocycles. The molecule has 270 valence electrons. The van der Waals surface area contributed by atoms with E-state index >= 15 is 0 Å². The van der Waals surface area contributed by atoms with E-state index in [1.165, 1.54) is 55.6 Å². The molecule has 0 amide bonds.